The first-order chi connectivity index (χ1) is 7.36. The number of nitrogens with zero attached hydrogens (tertiary/aromatic N) is 1. The zero-order valence-corrected chi connectivity index (χ0v) is 9.58. The summed E-state index contributed by atoms with van der Waals surface area (Å²) in [6.45, 7) is 10.0. The summed E-state index contributed by atoms with van der Waals surface area (Å²) in [4.78, 5) is 2.30. The van der Waals surface area contributed by atoms with Crippen LogP contribution in [0.4, 0.5) is 0 Å². The van der Waals surface area contributed by atoms with E-state index in [4.69, 9.17) is 9.47 Å². The van der Waals surface area contributed by atoms with Crippen molar-refractivity contribution in [2.75, 3.05) is 53.0 Å². The van der Waals surface area contributed by atoms with E-state index < -0.39 is 0 Å². The summed E-state index contributed by atoms with van der Waals surface area (Å²) < 4.78 is 10.7. The Bertz CT molecular complexity index is 170. The van der Waals surface area contributed by atoms with Crippen LogP contribution in [-0.2, 0) is 9.47 Å². The summed E-state index contributed by atoms with van der Waals surface area (Å²) in [5.41, 5.74) is 0. The fourth-order valence-electron chi connectivity index (χ4n) is 1.69. The Morgan fingerprint density at radius 2 is 2.53 bits per heavy atom. The summed E-state index contributed by atoms with van der Waals surface area (Å²) in [7, 11) is 1.73. The molecule has 1 aliphatic rings. The maximum atomic E-state index is 5.66. The smallest absolute Gasteiger partial charge is 0.0826 e. The highest BCUT2D eigenvalue weighted by molar-refractivity contribution is 4.78. The number of methoxy groups -OCH3 is 1. The Morgan fingerprint density at radius 3 is 3.13 bits per heavy atom. The molecular weight excluding hydrogens is 192 g/mol. The zero-order valence-electron chi connectivity index (χ0n) is 9.58. The molecule has 0 saturated carbocycles. The van der Waals surface area contributed by atoms with E-state index in [2.05, 4.69) is 16.8 Å². The Labute approximate surface area is 92.2 Å². The van der Waals surface area contributed by atoms with Crippen LogP contribution in [0.1, 0.15) is 0 Å². The highest BCUT2D eigenvalue weighted by Crippen LogP contribution is 2.00. The van der Waals surface area contributed by atoms with Crippen LogP contribution < -0.4 is 5.32 Å². The SMILES string of the molecule is C=CCN(CCOC)CC1CNCCO1. The third-order valence-corrected chi connectivity index (χ3v) is 2.47. The van der Waals surface area contributed by atoms with Crippen LogP contribution in [0.5, 0.6) is 0 Å². The summed E-state index contributed by atoms with van der Waals surface area (Å²) in [5, 5.41) is 3.33. The van der Waals surface area contributed by atoms with Gasteiger partial charge in [-0.2, -0.15) is 0 Å². The van der Waals surface area contributed by atoms with Crippen molar-refractivity contribution in [3.05, 3.63) is 12.7 Å². The van der Waals surface area contributed by atoms with E-state index in [1.807, 2.05) is 6.08 Å². The van der Waals surface area contributed by atoms with Gasteiger partial charge in [-0.05, 0) is 0 Å². The molecule has 0 aromatic rings. The van der Waals surface area contributed by atoms with Crippen LogP contribution in [0, 0.1) is 0 Å². The molecule has 4 heteroatoms. The fraction of sp³-hybridized carbons (Fsp3) is 0.818. The van der Waals surface area contributed by atoms with Gasteiger partial charge in [0.25, 0.3) is 0 Å². The van der Waals surface area contributed by atoms with E-state index in [0.29, 0.717) is 6.10 Å². The maximum Gasteiger partial charge on any atom is 0.0826 e. The molecule has 1 fully saturated rings. The molecule has 0 amide bonds. The van der Waals surface area contributed by atoms with Crippen LogP contribution in [0.3, 0.4) is 0 Å². The summed E-state index contributed by atoms with van der Waals surface area (Å²) >= 11 is 0. The fourth-order valence-corrected chi connectivity index (χ4v) is 1.69. The Balaban J connectivity index is 2.24. The van der Waals surface area contributed by atoms with Crippen molar-refractivity contribution in [2.24, 2.45) is 0 Å². The van der Waals surface area contributed by atoms with Crippen LogP contribution in [0.2, 0.25) is 0 Å². The Kier molecular flexibility index (Phi) is 6.59. The van der Waals surface area contributed by atoms with Gasteiger partial charge in [0.1, 0.15) is 0 Å². The molecule has 0 radical (unpaired) electrons. The molecule has 88 valence electrons. The maximum absolute atomic E-state index is 5.66. The zero-order chi connectivity index (χ0) is 10.9. The molecule has 1 saturated heterocycles. The van der Waals surface area contributed by atoms with Crippen LogP contribution in [-0.4, -0.2) is 64.1 Å². The van der Waals surface area contributed by atoms with Gasteiger partial charge in [0.2, 0.25) is 0 Å². The van der Waals surface area contributed by atoms with Gasteiger partial charge in [-0.25, -0.2) is 0 Å². The number of hydrogen-bond donors (Lipinski definition) is 1. The predicted octanol–water partition coefficient (Wildman–Crippen LogP) is 0.109. The molecule has 0 aromatic heterocycles. The molecule has 1 heterocycles. The van der Waals surface area contributed by atoms with E-state index >= 15 is 0 Å². The first-order valence-corrected chi connectivity index (χ1v) is 5.51. The number of rotatable bonds is 7. The molecule has 1 N–H and O–H groups in total. The minimum atomic E-state index is 0.301. The van der Waals surface area contributed by atoms with Crippen molar-refractivity contribution in [3.8, 4) is 0 Å². The lowest BCUT2D eigenvalue weighted by atomic mass is 10.2. The molecule has 1 rings (SSSR count). The summed E-state index contributed by atoms with van der Waals surface area (Å²) in [6.07, 6.45) is 2.22. The normalized spacial score (nSPS) is 21.9. The molecule has 0 bridgehead atoms. The summed E-state index contributed by atoms with van der Waals surface area (Å²) in [5.74, 6) is 0. The minimum Gasteiger partial charge on any atom is -0.383 e. The van der Waals surface area contributed by atoms with Crippen LogP contribution in [0.25, 0.3) is 0 Å². The Morgan fingerprint density at radius 1 is 1.67 bits per heavy atom. The van der Waals surface area contributed by atoms with Gasteiger partial charge < -0.3 is 14.8 Å². The van der Waals surface area contributed by atoms with Crippen molar-refractivity contribution in [2.45, 2.75) is 6.10 Å². The van der Waals surface area contributed by atoms with E-state index in [-0.39, 0.29) is 0 Å². The second kappa shape index (κ2) is 7.82. The number of ether oxygens (including phenoxy) is 2. The molecule has 1 atom stereocenters. The number of nitrogens with one attached hydrogen (secondary N) is 1. The van der Waals surface area contributed by atoms with E-state index in [1.54, 1.807) is 7.11 Å². The van der Waals surface area contributed by atoms with Gasteiger partial charge >= 0.3 is 0 Å². The molecule has 1 aliphatic heterocycles. The van der Waals surface area contributed by atoms with Crippen molar-refractivity contribution in [1.29, 1.82) is 0 Å². The molecule has 0 aromatic carbocycles. The molecule has 15 heavy (non-hydrogen) atoms. The largest absolute Gasteiger partial charge is 0.383 e. The topological polar surface area (TPSA) is 33.7 Å². The van der Waals surface area contributed by atoms with E-state index in [1.165, 1.54) is 0 Å². The number of morpholine rings is 1. The van der Waals surface area contributed by atoms with Gasteiger partial charge in [0.15, 0.2) is 0 Å². The lowest BCUT2D eigenvalue weighted by Gasteiger charge is -2.29. The van der Waals surface area contributed by atoms with Crippen molar-refractivity contribution in [1.82, 2.24) is 10.2 Å². The van der Waals surface area contributed by atoms with Gasteiger partial charge in [-0.15, -0.1) is 6.58 Å². The third-order valence-electron chi connectivity index (χ3n) is 2.47. The van der Waals surface area contributed by atoms with Crippen molar-refractivity contribution in [3.63, 3.8) is 0 Å². The quantitative estimate of drug-likeness (QED) is 0.610. The van der Waals surface area contributed by atoms with Gasteiger partial charge in [0, 0.05) is 39.8 Å². The van der Waals surface area contributed by atoms with Gasteiger partial charge in [0.05, 0.1) is 19.3 Å². The molecule has 0 spiro atoms. The number of hydrogen-bond acceptors (Lipinski definition) is 4. The monoisotopic (exact) mass is 214 g/mol. The van der Waals surface area contributed by atoms with Crippen molar-refractivity contribution >= 4 is 0 Å². The molecule has 1 unspecified atom stereocenters. The average Bonchev–Trinajstić information content (AvgIpc) is 2.28. The van der Waals surface area contributed by atoms with Crippen LogP contribution >= 0.6 is 0 Å². The first kappa shape index (κ1) is 12.6. The van der Waals surface area contributed by atoms with Crippen molar-refractivity contribution < 1.29 is 9.47 Å². The lowest BCUT2D eigenvalue weighted by molar-refractivity contribution is 0.00386. The first-order valence-electron chi connectivity index (χ1n) is 5.51. The lowest BCUT2D eigenvalue weighted by Crippen LogP contribution is -2.46. The third kappa shape index (κ3) is 5.28. The highest BCUT2D eigenvalue weighted by Gasteiger charge is 2.16. The average molecular weight is 214 g/mol. The standard InChI is InChI=1S/C11H22N2O2/c1-3-5-13(6-8-14-2)10-11-9-12-4-7-15-11/h3,11-12H,1,4-10H2,2H3. The van der Waals surface area contributed by atoms with Gasteiger partial charge in [-0.1, -0.05) is 6.08 Å². The molecule has 0 aliphatic carbocycles. The van der Waals surface area contributed by atoms with E-state index in [9.17, 15) is 0 Å². The predicted molar refractivity (Wildman–Crippen MR) is 61.1 cm³/mol. The molecule has 4 nitrogen and oxygen atoms in total. The minimum absolute atomic E-state index is 0.301. The summed E-state index contributed by atoms with van der Waals surface area (Å²) in [6, 6.07) is 0. The van der Waals surface area contributed by atoms with Gasteiger partial charge in [-0.3, -0.25) is 4.90 Å². The Hall–Kier alpha value is -0.420. The second-order valence-corrected chi connectivity index (χ2v) is 3.74. The highest BCUT2D eigenvalue weighted by atomic mass is 16.5. The van der Waals surface area contributed by atoms with Crippen LogP contribution in [0.15, 0.2) is 12.7 Å². The molecular formula is C11H22N2O2. The van der Waals surface area contributed by atoms with E-state index in [0.717, 1.165) is 45.9 Å². The second-order valence-electron chi connectivity index (χ2n) is 3.74.